The third-order valence-electron chi connectivity index (χ3n) is 3.23. The smallest absolute Gasteiger partial charge is 0.0433 e. The van der Waals surface area contributed by atoms with E-state index in [2.05, 4.69) is 21.7 Å². The van der Waals surface area contributed by atoms with Gasteiger partial charge in [-0.25, -0.2) is 0 Å². The van der Waals surface area contributed by atoms with E-state index in [4.69, 9.17) is 5.11 Å². The molecule has 0 atom stereocenters. The van der Waals surface area contributed by atoms with Gasteiger partial charge in [0, 0.05) is 13.2 Å². The van der Waals surface area contributed by atoms with E-state index in [9.17, 15) is 0 Å². The average molecular weight is 225 g/mol. The summed E-state index contributed by atoms with van der Waals surface area (Å²) in [5, 5.41) is 13.3. The lowest BCUT2D eigenvalue weighted by molar-refractivity contribution is 0.153. The Morgan fingerprint density at radius 3 is 2.80 bits per heavy atom. The number of rotatable bonds is 4. The first-order valence-electron chi connectivity index (χ1n) is 5.73. The molecule has 1 fully saturated rings. The van der Waals surface area contributed by atoms with Crippen molar-refractivity contribution in [1.82, 2.24) is 4.90 Å². The maximum atomic E-state index is 8.88. The molecular formula is C12H19NOS. The minimum atomic E-state index is 0.356. The van der Waals surface area contributed by atoms with Gasteiger partial charge in [0.1, 0.15) is 0 Å². The summed E-state index contributed by atoms with van der Waals surface area (Å²) in [4.78, 5) is 2.52. The molecule has 0 aromatic carbocycles. The third-order valence-corrected chi connectivity index (χ3v) is 3.96. The van der Waals surface area contributed by atoms with Crippen LogP contribution in [-0.4, -0.2) is 29.7 Å². The molecule has 1 aromatic heterocycles. The Kier molecular flexibility index (Phi) is 4.18. The van der Waals surface area contributed by atoms with E-state index in [1.165, 1.54) is 31.5 Å². The van der Waals surface area contributed by atoms with Crippen LogP contribution in [0.1, 0.15) is 24.8 Å². The van der Waals surface area contributed by atoms with Crippen molar-refractivity contribution in [1.29, 1.82) is 0 Å². The molecule has 0 aliphatic carbocycles. The Hall–Kier alpha value is -0.380. The van der Waals surface area contributed by atoms with Crippen LogP contribution in [0.4, 0.5) is 0 Å². The fourth-order valence-corrected chi connectivity index (χ4v) is 2.92. The van der Waals surface area contributed by atoms with Crippen LogP contribution in [0.5, 0.6) is 0 Å². The number of aliphatic hydroxyl groups excluding tert-OH is 1. The molecule has 1 aliphatic rings. The van der Waals surface area contributed by atoms with Crippen LogP contribution in [0.2, 0.25) is 0 Å². The molecule has 1 aliphatic heterocycles. The molecule has 3 heteroatoms. The van der Waals surface area contributed by atoms with E-state index in [0.717, 1.165) is 18.9 Å². The minimum absolute atomic E-state index is 0.356. The summed E-state index contributed by atoms with van der Waals surface area (Å²) in [6, 6.07) is 2.21. The Labute approximate surface area is 95.5 Å². The van der Waals surface area contributed by atoms with Gasteiger partial charge in [-0.3, -0.25) is 4.90 Å². The number of nitrogens with zero attached hydrogens (tertiary/aromatic N) is 1. The summed E-state index contributed by atoms with van der Waals surface area (Å²) in [7, 11) is 0. The number of hydrogen-bond donors (Lipinski definition) is 1. The van der Waals surface area contributed by atoms with Gasteiger partial charge in [-0.05, 0) is 60.7 Å². The van der Waals surface area contributed by atoms with Crippen LogP contribution >= 0.6 is 11.3 Å². The lowest BCUT2D eigenvalue weighted by Gasteiger charge is -2.31. The second-order valence-corrected chi connectivity index (χ2v) is 5.14. The van der Waals surface area contributed by atoms with Crippen LogP contribution in [0.25, 0.3) is 0 Å². The van der Waals surface area contributed by atoms with Crippen molar-refractivity contribution in [3.63, 3.8) is 0 Å². The van der Waals surface area contributed by atoms with Crippen molar-refractivity contribution >= 4 is 11.3 Å². The van der Waals surface area contributed by atoms with Gasteiger partial charge in [0.25, 0.3) is 0 Å². The molecular weight excluding hydrogens is 206 g/mol. The highest BCUT2D eigenvalue weighted by Gasteiger charge is 2.18. The number of thiophene rings is 1. The van der Waals surface area contributed by atoms with Gasteiger partial charge in [-0.15, -0.1) is 0 Å². The van der Waals surface area contributed by atoms with Gasteiger partial charge < -0.3 is 5.11 Å². The highest BCUT2D eigenvalue weighted by Crippen LogP contribution is 2.21. The van der Waals surface area contributed by atoms with Gasteiger partial charge >= 0.3 is 0 Å². The quantitative estimate of drug-likeness (QED) is 0.850. The van der Waals surface area contributed by atoms with Crippen LogP contribution in [0.3, 0.4) is 0 Å². The highest BCUT2D eigenvalue weighted by molar-refractivity contribution is 7.07. The fraction of sp³-hybridized carbons (Fsp3) is 0.667. The topological polar surface area (TPSA) is 23.5 Å². The molecule has 1 saturated heterocycles. The average Bonchev–Trinajstić information content (AvgIpc) is 2.74. The summed E-state index contributed by atoms with van der Waals surface area (Å²) in [6.07, 6.45) is 3.50. The van der Waals surface area contributed by atoms with E-state index in [0.29, 0.717) is 6.61 Å². The first kappa shape index (κ1) is 11.1. The van der Waals surface area contributed by atoms with Crippen LogP contribution in [-0.2, 0) is 6.54 Å². The summed E-state index contributed by atoms with van der Waals surface area (Å²) in [5.74, 6) is 0.758. The van der Waals surface area contributed by atoms with Gasteiger partial charge in [0.2, 0.25) is 0 Å². The van der Waals surface area contributed by atoms with Gasteiger partial charge in [0.15, 0.2) is 0 Å². The molecule has 0 unspecified atom stereocenters. The Morgan fingerprint density at radius 2 is 2.20 bits per heavy atom. The molecule has 1 aromatic rings. The van der Waals surface area contributed by atoms with E-state index < -0.39 is 0 Å². The van der Waals surface area contributed by atoms with Crippen molar-refractivity contribution in [3.05, 3.63) is 22.4 Å². The molecule has 84 valence electrons. The van der Waals surface area contributed by atoms with Gasteiger partial charge in [-0.2, -0.15) is 11.3 Å². The van der Waals surface area contributed by atoms with Gasteiger partial charge in [-0.1, -0.05) is 0 Å². The molecule has 1 N–H and O–H groups in total. The number of aliphatic hydroxyl groups is 1. The third kappa shape index (κ3) is 3.30. The van der Waals surface area contributed by atoms with Crippen molar-refractivity contribution in [2.45, 2.75) is 25.8 Å². The van der Waals surface area contributed by atoms with Crippen molar-refractivity contribution in [2.24, 2.45) is 5.92 Å². The van der Waals surface area contributed by atoms with Crippen LogP contribution in [0.15, 0.2) is 16.8 Å². The summed E-state index contributed by atoms with van der Waals surface area (Å²) in [5.41, 5.74) is 1.45. The minimum Gasteiger partial charge on any atom is -0.396 e. The maximum absolute atomic E-state index is 8.88. The number of hydrogen-bond acceptors (Lipinski definition) is 3. The van der Waals surface area contributed by atoms with Crippen molar-refractivity contribution < 1.29 is 5.11 Å². The molecule has 2 heterocycles. The Balaban J connectivity index is 1.74. The molecule has 2 rings (SSSR count). The monoisotopic (exact) mass is 225 g/mol. The standard InChI is InChI=1S/C12H19NOS/c14-7-3-11-1-5-13(6-2-11)9-12-4-8-15-10-12/h4,8,10-11,14H,1-3,5-7,9H2. The maximum Gasteiger partial charge on any atom is 0.0433 e. The van der Waals surface area contributed by atoms with Crippen LogP contribution in [0, 0.1) is 5.92 Å². The first-order chi connectivity index (χ1) is 7.38. The highest BCUT2D eigenvalue weighted by atomic mass is 32.1. The van der Waals surface area contributed by atoms with Crippen LogP contribution < -0.4 is 0 Å². The summed E-state index contributed by atoms with van der Waals surface area (Å²) >= 11 is 1.78. The molecule has 0 saturated carbocycles. The van der Waals surface area contributed by atoms with Crippen molar-refractivity contribution in [2.75, 3.05) is 19.7 Å². The lowest BCUT2D eigenvalue weighted by atomic mass is 9.94. The molecule has 0 amide bonds. The van der Waals surface area contributed by atoms with Gasteiger partial charge in [0.05, 0.1) is 0 Å². The molecule has 0 spiro atoms. The summed E-state index contributed by atoms with van der Waals surface area (Å²) < 4.78 is 0. The second-order valence-electron chi connectivity index (χ2n) is 4.36. The fourth-order valence-electron chi connectivity index (χ4n) is 2.26. The predicted octanol–water partition coefficient (Wildman–Crippen LogP) is 2.34. The largest absolute Gasteiger partial charge is 0.396 e. The zero-order valence-corrected chi connectivity index (χ0v) is 9.88. The van der Waals surface area contributed by atoms with Crippen molar-refractivity contribution in [3.8, 4) is 0 Å². The molecule has 2 nitrogen and oxygen atoms in total. The van der Waals surface area contributed by atoms with E-state index in [-0.39, 0.29) is 0 Å². The van der Waals surface area contributed by atoms with E-state index in [1.807, 2.05) is 0 Å². The summed E-state index contributed by atoms with van der Waals surface area (Å²) in [6.45, 7) is 3.85. The molecule has 15 heavy (non-hydrogen) atoms. The molecule has 0 radical (unpaired) electrons. The number of likely N-dealkylation sites (tertiary alicyclic amines) is 1. The lowest BCUT2D eigenvalue weighted by Crippen LogP contribution is -2.33. The predicted molar refractivity (Wildman–Crippen MR) is 64.0 cm³/mol. The first-order valence-corrected chi connectivity index (χ1v) is 6.67. The number of piperidine rings is 1. The molecule has 0 bridgehead atoms. The SMILES string of the molecule is OCCC1CCN(Cc2ccsc2)CC1. The zero-order valence-electron chi connectivity index (χ0n) is 9.06. The zero-order chi connectivity index (χ0) is 10.5. The Bertz CT molecular complexity index is 265. The van der Waals surface area contributed by atoms with E-state index >= 15 is 0 Å². The Morgan fingerprint density at radius 1 is 1.40 bits per heavy atom. The van der Waals surface area contributed by atoms with E-state index in [1.54, 1.807) is 11.3 Å². The second kappa shape index (κ2) is 5.64. The normalized spacial score (nSPS) is 19.5.